The van der Waals surface area contributed by atoms with E-state index in [1.54, 1.807) is 4.68 Å². The minimum absolute atomic E-state index is 0.176. The third kappa shape index (κ3) is 3.51. The van der Waals surface area contributed by atoms with Gasteiger partial charge in [-0.25, -0.2) is 9.69 Å². The topological polar surface area (TPSA) is 59.4 Å². The van der Waals surface area contributed by atoms with Gasteiger partial charge in [-0.1, -0.05) is 48.5 Å². The van der Waals surface area contributed by atoms with E-state index < -0.39 is 0 Å². The normalized spacial score (nSPS) is 14.9. The molecule has 0 atom stereocenters. The quantitative estimate of drug-likeness (QED) is 0.787. The molecule has 1 aliphatic heterocycles. The second kappa shape index (κ2) is 7.51. The standard InChI is InChI=1S/C20H20N4O2/c25-20(22-23-11-13-26-14-12-23)19-15-18(16-7-3-1-4-8-16)21-24(19)17-9-5-2-6-10-17/h1-10,15H,11-14H2,(H,22,25). The Morgan fingerprint density at radius 2 is 1.62 bits per heavy atom. The number of rotatable bonds is 4. The SMILES string of the molecule is O=C(NN1CCOCC1)c1cc(-c2ccccc2)nn1-c1ccccc1. The Morgan fingerprint density at radius 3 is 2.31 bits per heavy atom. The fourth-order valence-corrected chi connectivity index (χ4v) is 2.93. The number of hydrogen-bond acceptors (Lipinski definition) is 4. The fraction of sp³-hybridized carbons (Fsp3) is 0.200. The molecule has 1 amide bonds. The number of morpholine rings is 1. The summed E-state index contributed by atoms with van der Waals surface area (Å²) in [6.45, 7) is 2.59. The van der Waals surface area contributed by atoms with E-state index in [4.69, 9.17) is 4.74 Å². The molecule has 26 heavy (non-hydrogen) atoms. The van der Waals surface area contributed by atoms with Crippen LogP contribution in [-0.4, -0.2) is 47.0 Å². The highest BCUT2D eigenvalue weighted by atomic mass is 16.5. The Balaban J connectivity index is 1.69. The maximum atomic E-state index is 12.9. The van der Waals surface area contributed by atoms with Crippen LogP contribution in [0.2, 0.25) is 0 Å². The second-order valence-electron chi connectivity index (χ2n) is 6.07. The highest BCUT2D eigenvalue weighted by Gasteiger charge is 2.20. The van der Waals surface area contributed by atoms with Crippen molar-refractivity contribution in [3.05, 3.63) is 72.4 Å². The van der Waals surface area contributed by atoms with E-state index >= 15 is 0 Å². The molecule has 0 aliphatic carbocycles. The molecular weight excluding hydrogens is 328 g/mol. The average molecular weight is 348 g/mol. The average Bonchev–Trinajstić information content (AvgIpc) is 3.16. The molecule has 3 aromatic rings. The molecule has 6 nitrogen and oxygen atoms in total. The fourth-order valence-electron chi connectivity index (χ4n) is 2.93. The van der Waals surface area contributed by atoms with Crippen LogP contribution in [0.3, 0.4) is 0 Å². The molecule has 1 saturated heterocycles. The van der Waals surface area contributed by atoms with E-state index in [2.05, 4.69) is 10.5 Å². The van der Waals surface area contributed by atoms with Crippen molar-refractivity contribution in [2.75, 3.05) is 26.3 Å². The monoisotopic (exact) mass is 348 g/mol. The number of para-hydroxylation sites is 1. The highest BCUT2D eigenvalue weighted by Crippen LogP contribution is 2.21. The summed E-state index contributed by atoms with van der Waals surface area (Å²) in [4.78, 5) is 12.9. The first-order valence-electron chi connectivity index (χ1n) is 8.66. The molecule has 4 rings (SSSR count). The van der Waals surface area contributed by atoms with Crippen LogP contribution >= 0.6 is 0 Å². The minimum atomic E-state index is -0.176. The molecule has 1 aromatic heterocycles. The number of ether oxygens (including phenoxy) is 1. The van der Waals surface area contributed by atoms with Crippen LogP contribution in [0.25, 0.3) is 16.9 Å². The molecule has 6 heteroatoms. The Bertz CT molecular complexity index is 871. The third-order valence-corrected chi connectivity index (χ3v) is 4.28. The van der Waals surface area contributed by atoms with Crippen molar-refractivity contribution in [2.24, 2.45) is 0 Å². The molecule has 2 heterocycles. The Morgan fingerprint density at radius 1 is 0.962 bits per heavy atom. The Labute approximate surface area is 152 Å². The van der Waals surface area contributed by atoms with Crippen molar-refractivity contribution in [3.8, 4) is 16.9 Å². The van der Waals surface area contributed by atoms with E-state index in [0.717, 1.165) is 16.9 Å². The zero-order chi connectivity index (χ0) is 17.8. The van der Waals surface area contributed by atoms with Crippen LogP contribution < -0.4 is 5.43 Å². The van der Waals surface area contributed by atoms with Gasteiger partial charge < -0.3 is 4.74 Å². The van der Waals surface area contributed by atoms with E-state index in [1.165, 1.54) is 0 Å². The molecule has 2 aromatic carbocycles. The van der Waals surface area contributed by atoms with Crippen molar-refractivity contribution in [3.63, 3.8) is 0 Å². The summed E-state index contributed by atoms with van der Waals surface area (Å²) < 4.78 is 7.02. The van der Waals surface area contributed by atoms with Gasteiger partial charge in [0, 0.05) is 18.7 Å². The number of benzene rings is 2. The zero-order valence-corrected chi connectivity index (χ0v) is 14.3. The summed E-state index contributed by atoms with van der Waals surface area (Å²) in [7, 11) is 0. The van der Waals surface area contributed by atoms with Gasteiger partial charge in [-0.05, 0) is 18.2 Å². The second-order valence-corrected chi connectivity index (χ2v) is 6.07. The van der Waals surface area contributed by atoms with Gasteiger partial charge in [0.2, 0.25) is 0 Å². The lowest BCUT2D eigenvalue weighted by Gasteiger charge is -2.26. The maximum Gasteiger partial charge on any atom is 0.284 e. The van der Waals surface area contributed by atoms with Gasteiger partial charge in [0.05, 0.1) is 24.6 Å². The van der Waals surface area contributed by atoms with Crippen molar-refractivity contribution in [2.45, 2.75) is 0 Å². The molecule has 1 aliphatic rings. The van der Waals surface area contributed by atoms with Crippen LogP contribution in [-0.2, 0) is 4.74 Å². The molecule has 1 N–H and O–H groups in total. The summed E-state index contributed by atoms with van der Waals surface area (Å²) in [5.74, 6) is -0.176. The summed E-state index contributed by atoms with van der Waals surface area (Å²) in [5, 5.41) is 6.56. The number of carbonyl (C=O) groups excluding carboxylic acids is 1. The lowest BCUT2D eigenvalue weighted by molar-refractivity contribution is 0.0124. The molecule has 0 spiro atoms. The van der Waals surface area contributed by atoms with Crippen molar-refractivity contribution in [1.82, 2.24) is 20.2 Å². The number of aromatic nitrogens is 2. The first kappa shape index (κ1) is 16.5. The predicted molar refractivity (Wildman–Crippen MR) is 98.9 cm³/mol. The van der Waals surface area contributed by atoms with Gasteiger partial charge in [-0.3, -0.25) is 10.2 Å². The summed E-state index contributed by atoms with van der Waals surface area (Å²) in [6, 6.07) is 21.4. The molecule has 132 valence electrons. The number of amides is 1. The van der Waals surface area contributed by atoms with Crippen LogP contribution in [0.5, 0.6) is 0 Å². The molecule has 1 fully saturated rings. The molecule has 0 saturated carbocycles. The van der Waals surface area contributed by atoms with E-state index in [1.807, 2.05) is 71.7 Å². The van der Waals surface area contributed by atoms with Crippen LogP contribution in [0, 0.1) is 0 Å². The Hall–Kier alpha value is -2.96. The van der Waals surface area contributed by atoms with Gasteiger partial charge in [0.1, 0.15) is 5.69 Å². The van der Waals surface area contributed by atoms with Gasteiger partial charge in [0.25, 0.3) is 5.91 Å². The number of nitrogens with one attached hydrogen (secondary N) is 1. The van der Waals surface area contributed by atoms with E-state index in [0.29, 0.717) is 32.0 Å². The lowest BCUT2D eigenvalue weighted by Crippen LogP contribution is -2.48. The molecule has 0 unspecified atom stereocenters. The Kier molecular flexibility index (Phi) is 4.77. The number of hydrazine groups is 1. The number of nitrogens with zero attached hydrogens (tertiary/aromatic N) is 3. The van der Waals surface area contributed by atoms with Gasteiger partial charge in [0.15, 0.2) is 0 Å². The smallest absolute Gasteiger partial charge is 0.284 e. The molecule has 0 radical (unpaired) electrons. The van der Waals surface area contributed by atoms with Gasteiger partial charge in [-0.15, -0.1) is 0 Å². The minimum Gasteiger partial charge on any atom is -0.379 e. The van der Waals surface area contributed by atoms with Gasteiger partial charge in [-0.2, -0.15) is 5.10 Å². The summed E-state index contributed by atoms with van der Waals surface area (Å²) >= 11 is 0. The lowest BCUT2D eigenvalue weighted by atomic mass is 10.1. The van der Waals surface area contributed by atoms with Crippen LogP contribution in [0.1, 0.15) is 10.5 Å². The molecular formula is C20H20N4O2. The van der Waals surface area contributed by atoms with E-state index in [-0.39, 0.29) is 5.91 Å². The van der Waals surface area contributed by atoms with Gasteiger partial charge >= 0.3 is 0 Å². The summed E-state index contributed by atoms with van der Waals surface area (Å²) in [6.07, 6.45) is 0. The van der Waals surface area contributed by atoms with Crippen LogP contribution in [0.4, 0.5) is 0 Å². The van der Waals surface area contributed by atoms with Crippen molar-refractivity contribution >= 4 is 5.91 Å². The summed E-state index contributed by atoms with van der Waals surface area (Å²) in [5.41, 5.74) is 6.05. The maximum absolute atomic E-state index is 12.9. The first-order valence-corrected chi connectivity index (χ1v) is 8.66. The third-order valence-electron chi connectivity index (χ3n) is 4.28. The van der Waals surface area contributed by atoms with Crippen LogP contribution in [0.15, 0.2) is 66.7 Å². The zero-order valence-electron chi connectivity index (χ0n) is 14.3. The molecule has 0 bridgehead atoms. The predicted octanol–water partition coefficient (Wildman–Crippen LogP) is 2.52. The van der Waals surface area contributed by atoms with Crippen molar-refractivity contribution < 1.29 is 9.53 Å². The first-order chi connectivity index (χ1) is 12.8. The highest BCUT2D eigenvalue weighted by molar-refractivity contribution is 5.94. The number of carbonyl (C=O) groups is 1. The van der Waals surface area contributed by atoms with Crippen molar-refractivity contribution in [1.29, 1.82) is 0 Å². The van der Waals surface area contributed by atoms with E-state index in [9.17, 15) is 4.79 Å². The number of hydrogen-bond donors (Lipinski definition) is 1. The largest absolute Gasteiger partial charge is 0.379 e.